The van der Waals surface area contributed by atoms with Crippen LogP contribution in [-0.2, 0) is 4.74 Å². The van der Waals surface area contributed by atoms with Crippen molar-refractivity contribution in [2.75, 3.05) is 18.6 Å². The molecule has 1 fully saturated rings. The number of pyridine rings is 1. The third-order valence-corrected chi connectivity index (χ3v) is 3.60. The minimum absolute atomic E-state index is 0.0939. The molecule has 1 aliphatic heterocycles. The van der Waals surface area contributed by atoms with Crippen LogP contribution in [0.15, 0.2) is 30.7 Å². The number of nitrogens with zero attached hydrogens (tertiary/aromatic N) is 4. The van der Waals surface area contributed by atoms with Crippen LogP contribution in [0.1, 0.15) is 23.9 Å². The normalized spacial score (nSPS) is 21.9. The highest BCUT2D eigenvalue weighted by Crippen LogP contribution is 2.34. The fourth-order valence-electron chi connectivity index (χ4n) is 2.59. The summed E-state index contributed by atoms with van der Waals surface area (Å²) in [4.78, 5) is 14.0. The Morgan fingerprint density at radius 1 is 1.45 bits per heavy atom. The molecule has 1 aliphatic rings. The third kappa shape index (κ3) is 2.24. The first-order valence-corrected chi connectivity index (χ1v) is 6.46. The molecule has 1 N–H and O–H groups in total. The highest BCUT2D eigenvalue weighted by Gasteiger charge is 2.35. The third-order valence-electron chi connectivity index (χ3n) is 3.60. The van der Waals surface area contributed by atoms with Crippen LogP contribution in [0.3, 0.4) is 0 Å². The van der Waals surface area contributed by atoms with E-state index < -0.39 is 0 Å². The second-order valence-electron chi connectivity index (χ2n) is 4.75. The number of aromatic amines is 1. The molecule has 0 radical (unpaired) electrons. The van der Waals surface area contributed by atoms with E-state index in [0.717, 1.165) is 24.6 Å². The quantitative estimate of drug-likeness (QED) is 0.916. The molecule has 0 aliphatic carbocycles. The van der Waals surface area contributed by atoms with Crippen LogP contribution in [0.5, 0.6) is 0 Å². The highest BCUT2D eigenvalue weighted by atomic mass is 16.5. The molecule has 0 saturated carbocycles. The van der Waals surface area contributed by atoms with Gasteiger partial charge in [-0.15, -0.1) is 0 Å². The number of nitriles is 1. The molecule has 2 atom stereocenters. The van der Waals surface area contributed by atoms with Gasteiger partial charge < -0.3 is 14.6 Å². The Morgan fingerprint density at radius 2 is 2.35 bits per heavy atom. The molecule has 2 aromatic rings. The molecule has 0 aromatic carbocycles. The minimum Gasteiger partial charge on any atom is -0.380 e. The molecular weight excluding hydrogens is 254 g/mol. The first kappa shape index (κ1) is 12.6. The summed E-state index contributed by atoms with van der Waals surface area (Å²) in [5, 5.41) is 9.01. The molecule has 0 amide bonds. The second-order valence-corrected chi connectivity index (χ2v) is 4.75. The summed E-state index contributed by atoms with van der Waals surface area (Å²) in [5.41, 5.74) is 0.606. The van der Waals surface area contributed by atoms with Crippen molar-refractivity contribution in [1.82, 2.24) is 15.0 Å². The van der Waals surface area contributed by atoms with E-state index in [4.69, 9.17) is 10.00 Å². The van der Waals surface area contributed by atoms with E-state index in [1.54, 1.807) is 31.6 Å². The van der Waals surface area contributed by atoms with Crippen LogP contribution < -0.4 is 4.90 Å². The van der Waals surface area contributed by atoms with Crippen molar-refractivity contribution < 1.29 is 4.74 Å². The molecule has 3 rings (SSSR count). The Balaban J connectivity index is 1.94. The molecule has 102 valence electrons. The summed E-state index contributed by atoms with van der Waals surface area (Å²) in [6.07, 6.45) is 6.20. The molecule has 0 bridgehead atoms. The summed E-state index contributed by atoms with van der Waals surface area (Å²) in [7, 11) is 1.71. The number of ether oxygens (including phenoxy) is 1. The maximum atomic E-state index is 9.01. The van der Waals surface area contributed by atoms with Gasteiger partial charge in [-0.05, 0) is 12.1 Å². The number of aromatic nitrogens is 3. The zero-order chi connectivity index (χ0) is 13.9. The van der Waals surface area contributed by atoms with Gasteiger partial charge in [0.25, 0.3) is 0 Å². The Kier molecular flexibility index (Phi) is 3.35. The van der Waals surface area contributed by atoms with Gasteiger partial charge in [0.15, 0.2) is 0 Å². The summed E-state index contributed by atoms with van der Waals surface area (Å²) in [6.45, 7) is 0.740. The molecule has 6 nitrogen and oxygen atoms in total. The Morgan fingerprint density at radius 3 is 3.05 bits per heavy atom. The number of hydrogen-bond acceptors (Lipinski definition) is 5. The van der Waals surface area contributed by atoms with Crippen molar-refractivity contribution >= 4 is 5.82 Å². The molecule has 2 aromatic heterocycles. The van der Waals surface area contributed by atoms with Crippen molar-refractivity contribution in [3.8, 4) is 6.07 Å². The van der Waals surface area contributed by atoms with Crippen molar-refractivity contribution in [3.05, 3.63) is 42.1 Å². The van der Waals surface area contributed by atoms with Crippen LogP contribution in [0.25, 0.3) is 0 Å². The lowest BCUT2D eigenvalue weighted by Crippen LogP contribution is -2.26. The Bertz CT molecular complexity index is 619. The van der Waals surface area contributed by atoms with E-state index >= 15 is 0 Å². The van der Waals surface area contributed by atoms with E-state index in [1.165, 1.54) is 0 Å². The van der Waals surface area contributed by atoms with Crippen molar-refractivity contribution in [1.29, 1.82) is 5.26 Å². The topological polar surface area (TPSA) is 77.8 Å². The molecule has 1 saturated heterocycles. The van der Waals surface area contributed by atoms with Crippen LogP contribution in [-0.4, -0.2) is 34.7 Å². The van der Waals surface area contributed by atoms with Gasteiger partial charge in [-0.2, -0.15) is 5.26 Å². The summed E-state index contributed by atoms with van der Waals surface area (Å²) in [6, 6.07) is 5.74. The van der Waals surface area contributed by atoms with Crippen LogP contribution >= 0.6 is 0 Å². The number of methoxy groups -OCH3 is 1. The summed E-state index contributed by atoms with van der Waals surface area (Å²) < 4.78 is 5.47. The zero-order valence-corrected chi connectivity index (χ0v) is 11.2. The number of hydrogen-bond donors (Lipinski definition) is 1. The minimum atomic E-state index is 0.0939. The SMILES string of the molecule is CO[C@@H]1CC(c2ncc[nH]2)N(c2cc(C#N)ccn2)C1. The zero-order valence-electron chi connectivity index (χ0n) is 11.2. The summed E-state index contributed by atoms with van der Waals surface area (Å²) >= 11 is 0. The number of anilines is 1. The van der Waals surface area contributed by atoms with E-state index in [9.17, 15) is 0 Å². The molecule has 3 heterocycles. The molecular formula is C14H15N5O. The molecule has 1 unspecified atom stereocenters. The number of imidazole rings is 1. The van der Waals surface area contributed by atoms with Gasteiger partial charge >= 0.3 is 0 Å². The maximum absolute atomic E-state index is 9.01. The van der Waals surface area contributed by atoms with E-state index in [0.29, 0.717) is 5.56 Å². The van der Waals surface area contributed by atoms with Gasteiger partial charge in [0.1, 0.15) is 11.6 Å². The predicted octanol–water partition coefficient (Wildman–Crippen LogP) is 1.64. The highest BCUT2D eigenvalue weighted by molar-refractivity contribution is 5.47. The van der Waals surface area contributed by atoms with Crippen molar-refractivity contribution in [2.24, 2.45) is 0 Å². The van der Waals surface area contributed by atoms with Crippen LogP contribution in [0.4, 0.5) is 5.82 Å². The maximum Gasteiger partial charge on any atom is 0.130 e. The van der Waals surface area contributed by atoms with Gasteiger partial charge in [-0.1, -0.05) is 0 Å². The first-order chi connectivity index (χ1) is 9.81. The van der Waals surface area contributed by atoms with E-state index in [2.05, 4.69) is 25.9 Å². The fraction of sp³-hybridized carbons (Fsp3) is 0.357. The first-order valence-electron chi connectivity index (χ1n) is 6.46. The Hall–Kier alpha value is -2.39. The fourth-order valence-corrected chi connectivity index (χ4v) is 2.59. The number of nitrogens with one attached hydrogen (secondary N) is 1. The summed E-state index contributed by atoms with van der Waals surface area (Å²) in [5.74, 6) is 1.68. The van der Waals surface area contributed by atoms with Gasteiger partial charge in [-0.25, -0.2) is 9.97 Å². The van der Waals surface area contributed by atoms with Gasteiger partial charge in [0.05, 0.1) is 23.8 Å². The van der Waals surface area contributed by atoms with Crippen molar-refractivity contribution in [3.63, 3.8) is 0 Å². The van der Waals surface area contributed by atoms with Gasteiger partial charge in [0, 0.05) is 38.7 Å². The van der Waals surface area contributed by atoms with Crippen LogP contribution in [0, 0.1) is 11.3 Å². The smallest absolute Gasteiger partial charge is 0.130 e. The van der Waals surface area contributed by atoms with Gasteiger partial charge in [0.2, 0.25) is 0 Å². The van der Waals surface area contributed by atoms with E-state index in [1.807, 2.05) is 6.20 Å². The molecule has 6 heteroatoms. The lowest BCUT2D eigenvalue weighted by atomic mass is 10.2. The van der Waals surface area contributed by atoms with E-state index in [-0.39, 0.29) is 12.1 Å². The lowest BCUT2D eigenvalue weighted by molar-refractivity contribution is 0.118. The average molecular weight is 269 g/mol. The molecule has 20 heavy (non-hydrogen) atoms. The van der Waals surface area contributed by atoms with Crippen molar-refractivity contribution in [2.45, 2.75) is 18.6 Å². The predicted molar refractivity (Wildman–Crippen MR) is 73.0 cm³/mol. The number of H-pyrrole nitrogens is 1. The monoisotopic (exact) mass is 269 g/mol. The standard InChI is InChI=1S/C14H15N5O/c1-20-11-7-12(14-17-4-5-18-14)19(9-11)13-6-10(8-15)2-3-16-13/h2-6,11-12H,7,9H2,1H3,(H,17,18)/t11-,12?/m1/s1. The van der Waals surface area contributed by atoms with Crippen LogP contribution in [0.2, 0.25) is 0 Å². The largest absolute Gasteiger partial charge is 0.380 e. The Labute approximate surface area is 117 Å². The second kappa shape index (κ2) is 5.31. The average Bonchev–Trinajstić information content (AvgIpc) is 3.15. The number of rotatable bonds is 3. The lowest BCUT2D eigenvalue weighted by Gasteiger charge is -2.23. The van der Waals surface area contributed by atoms with Gasteiger partial charge in [-0.3, -0.25) is 0 Å². The molecule has 0 spiro atoms.